The monoisotopic (exact) mass is 325 g/mol. The second kappa shape index (κ2) is 6.56. The number of ether oxygens (including phenoxy) is 1. The van der Waals surface area contributed by atoms with Gasteiger partial charge in [0, 0.05) is 19.0 Å². The molecule has 3 rings (SSSR count). The average molecular weight is 325 g/mol. The van der Waals surface area contributed by atoms with E-state index in [4.69, 9.17) is 4.74 Å². The molecule has 0 bridgehead atoms. The zero-order valence-corrected chi connectivity index (χ0v) is 14.3. The van der Waals surface area contributed by atoms with E-state index >= 15 is 0 Å². The molecule has 2 aromatic rings. The number of carbonyl (C=O) groups excluding carboxylic acids is 1. The van der Waals surface area contributed by atoms with Crippen LogP contribution < -0.4 is 9.64 Å². The molecule has 0 fully saturated rings. The number of anilines is 1. The number of hydrogen-bond donors (Lipinski definition) is 1. The predicted molar refractivity (Wildman–Crippen MR) is 94.6 cm³/mol. The van der Waals surface area contributed by atoms with Gasteiger partial charge in [-0.2, -0.15) is 0 Å². The number of fused-ring (bicyclic) bond motifs is 1. The summed E-state index contributed by atoms with van der Waals surface area (Å²) in [5, 5.41) is 9.75. The van der Waals surface area contributed by atoms with E-state index in [9.17, 15) is 9.90 Å². The van der Waals surface area contributed by atoms with E-state index in [1.54, 1.807) is 23.1 Å². The first-order chi connectivity index (χ1) is 11.4. The van der Waals surface area contributed by atoms with Crippen molar-refractivity contribution in [3.05, 3.63) is 53.6 Å². The largest absolute Gasteiger partial charge is 0.508 e. The van der Waals surface area contributed by atoms with Crippen LogP contribution in [-0.4, -0.2) is 23.7 Å². The van der Waals surface area contributed by atoms with Crippen LogP contribution in [0.25, 0.3) is 0 Å². The van der Waals surface area contributed by atoms with E-state index in [1.165, 1.54) is 0 Å². The van der Waals surface area contributed by atoms with Gasteiger partial charge in [-0.05, 0) is 30.5 Å². The van der Waals surface area contributed by atoms with Crippen LogP contribution in [0.1, 0.15) is 25.0 Å². The fourth-order valence-electron chi connectivity index (χ4n) is 3.05. The second-order valence-electron chi connectivity index (χ2n) is 6.79. The highest BCUT2D eigenvalue weighted by Gasteiger charge is 2.34. The van der Waals surface area contributed by atoms with Gasteiger partial charge in [0.15, 0.2) is 6.10 Å². The van der Waals surface area contributed by atoms with Crippen molar-refractivity contribution in [1.29, 1.82) is 0 Å². The third-order valence-corrected chi connectivity index (χ3v) is 4.10. The van der Waals surface area contributed by atoms with Crippen LogP contribution in [0.5, 0.6) is 11.5 Å². The Kier molecular flexibility index (Phi) is 4.47. The molecule has 0 radical (unpaired) electrons. The second-order valence-corrected chi connectivity index (χ2v) is 6.79. The number of aromatic hydroxyl groups is 1. The summed E-state index contributed by atoms with van der Waals surface area (Å²) >= 11 is 0. The third kappa shape index (κ3) is 3.37. The molecule has 2 aromatic carbocycles. The van der Waals surface area contributed by atoms with Gasteiger partial charge >= 0.3 is 0 Å². The van der Waals surface area contributed by atoms with Gasteiger partial charge in [0.2, 0.25) is 0 Å². The number of benzene rings is 2. The van der Waals surface area contributed by atoms with Crippen LogP contribution in [0.3, 0.4) is 0 Å². The fraction of sp³-hybridized carbons (Fsp3) is 0.350. The molecular weight excluding hydrogens is 302 g/mol. The number of hydrogen-bond acceptors (Lipinski definition) is 3. The van der Waals surface area contributed by atoms with Gasteiger partial charge in [-0.15, -0.1) is 0 Å². The molecule has 1 heterocycles. The molecule has 0 aliphatic carbocycles. The number of carbonyl (C=O) groups is 1. The molecule has 1 aliphatic rings. The molecule has 0 saturated heterocycles. The Labute approximate surface area is 142 Å². The minimum atomic E-state index is -0.570. The maximum Gasteiger partial charge on any atom is 0.268 e. The summed E-state index contributed by atoms with van der Waals surface area (Å²) in [6, 6.07) is 13.0. The SMILES string of the molecule is Cc1cccc(CC2Oc3cc(O)ccc3N(CC(C)C)C2=O)c1. The van der Waals surface area contributed by atoms with Gasteiger partial charge < -0.3 is 14.7 Å². The van der Waals surface area contributed by atoms with Crippen LogP contribution >= 0.6 is 0 Å². The number of amides is 1. The van der Waals surface area contributed by atoms with Gasteiger partial charge in [-0.3, -0.25) is 4.79 Å². The molecule has 4 heteroatoms. The van der Waals surface area contributed by atoms with Crippen molar-refractivity contribution in [3.63, 3.8) is 0 Å². The van der Waals surface area contributed by atoms with Crippen LogP contribution in [0.2, 0.25) is 0 Å². The fourth-order valence-corrected chi connectivity index (χ4v) is 3.05. The maximum atomic E-state index is 12.9. The van der Waals surface area contributed by atoms with Crippen LogP contribution in [0, 0.1) is 12.8 Å². The highest BCUT2D eigenvalue weighted by molar-refractivity contribution is 6.00. The Morgan fingerprint density at radius 3 is 2.71 bits per heavy atom. The Balaban J connectivity index is 1.92. The minimum Gasteiger partial charge on any atom is -0.508 e. The Morgan fingerprint density at radius 1 is 1.21 bits per heavy atom. The Hall–Kier alpha value is -2.49. The van der Waals surface area contributed by atoms with Gasteiger partial charge in [0.05, 0.1) is 5.69 Å². The topological polar surface area (TPSA) is 49.8 Å². The molecule has 1 N–H and O–H groups in total. The molecule has 126 valence electrons. The lowest BCUT2D eigenvalue weighted by molar-refractivity contribution is -0.126. The highest BCUT2D eigenvalue weighted by atomic mass is 16.5. The standard InChI is InChI=1S/C20H23NO3/c1-13(2)12-21-17-8-7-16(22)11-18(17)24-19(20(21)23)10-15-6-4-5-14(3)9-15/h4-9,11,13,19,22H,10,12H2,1-3H3. The summed E-state index contributed by atoms with van der Waals surface area (Å²) in [6.07, 6.45) is -0.0515. The lowest BCUT2D eigenvalue weighted by Gasteiger charge is -2.35. The number of aryl methyl sites for hydroxylation is 1. The van der Waals surface area contributed by atoms with Gasteiger partial charge in [-0.25, -0.2) is 0 Å². The quantitative estimate of drug-likeness (QED) is 0.932. The number of nitrogens with zero attached hydrogens (tertiary/aromatic N) is 1. The van der Waals surface area contributed by atoms with Crippen molar-refractivity contribution in [2.75, 3.05) is 11.4 Å². The predicted octanol–water partition coefficient (Wildman–Crippen LogP) is 3.69. The summed E-state index contributed by atoms with van der Waals surface area (Å²) in [5.74, 6) is 1.02. The average Bonchev–Trinajstić information content (AvgIpc) is 2.51. The molecule has 4 nitrogen and oxygen atoms in total. The molecule has 0 aromatic heterocycles. The number of phenols is 1. The summed E-state index contributed by atoms with van der Waals surface area (Å²) < 4.78 is 5.93. The number of rotatable bonds is 4. The Morgan fingerprint density at radius 2 is 2.00 bits per heavy atom. The molecular formula is C20H23NO3. The summed E-state index contributed by atoms with van der Waals surface area (Å²) in [4.78, 5) is 14.7. The lowest BCUT2D eigenvalue weighted by atomic mass is 10.0. The molecule has 0 saturated carbocycles. The van der Waals surface area contributed by atoms with E-state index in [0.29, 0.717) is 24.6 Å². The minimum absolute atomic E-state index is 0.0246. The van der Waals surface area contributed by atoms with Crippen LogP contribution in [0.4, 0.5) is 5.69 Å². The summed E-state index contributed by atoms with van der Waals surface area (Å²) in [5.41, 5.74) is 2.96. The van der Waals surface area contributed by atoms with Gasteiger partial charge in [0.1, 0.15) is 11.5 Å². The molecule has 1 atom stereocenters. The molecule has 1 aliphatic heterocycles. The summed E-state index contributed by atoms with van der Waals surface area (Å²) in [6.45, 7) is 6.83. The van der Waals surface area contributed by atoms with E-state index in [1.807, 2.05) is 25.1 Å². The molecule has 0 spiro atoms. The third-order valence-electron chi connectivity index (χ3n) is 4.10. The van der Waals surface area contributed by atoms with Crippen molar-refractivity contribution in [2.45, 2.75) is 33.3 Å². The summed E-state index contributed by atoms with van der Waals surface area (Å²) in [7, 11) is 0. The van der Waals surface area contributed by atoms with Gasteiger partial charge in [-0.1, -0.05) is 43.7 Å². The van der Waals surface area contributed by atoms with E-state index in [-0.39, 0.29) is 11.7 Å². The molecule has 1 amide bonds. The maximum absolute atomic E-state index is 12.9. The highest BCUT2D eigenvalue weighted by Crippen LogP contribution is 2.37. The van der Waals surface area contributed by atoms with Crippen molar-refractivity contribution in [2.24, 2.45) is 5.92 Å². The molecule has 1 unspecified atom stereocenters. The smallest absolute Gasteiger partial charge is 0.268 e. The van der Waals surface area contributed by atoms with E-state index in [0.717, 1.165) is 16.8 Å². The van der Waals surface area contributed by atoms with Crippen LogP contribution in [0.15, 0.2) is 42.5 Å². The first-order valence-corrected chi connectivity index (χ1v) is 8.30. The zero-order chi connectivity index (χ0) is 17.3. The van der Waals surface area contributed by atoms with Crippen molar-refractivity contribution in [1.82, 2.24) is 0 Å². The van der Waals surface area contributed by atoms with Crippen LogP contribution in [-0.2, 0) is 11.2 Å². The lowest BCUT2D eigenvalue weighted by Crippen LogP contribution is -2.48. The van der Waals surface area contributed by atoms with Crippen molar-refractivity contribution < 1.29 is 14.6 Å². The van der Waals surface area contributed by atoms with Crippen molar-refractivity contribution >= 4 is 11.6 Å². The first kappa shape index (κ1) is 16.4. The van der Waals surface area contributed by atoms with E-state index < -0.39 is 6.10 Å². The van der Waals surface area contributed by atoms with E-state index in [2.05, 4.69) is 19.9 Å². The zero-order valence-electron chi connectivity index (χ0n) is 14.3. The normalized spacial score (nSPS) is 16.9. The number of phenolic OH excluding ortho intramolecular Hbond substituents is 1. The van der Waals surface area contributed by atoms with Crippen molar-refractivity contribution in [3.8, 4) is 11.5 Å². The first-order valence-electron chi connectivity index (χ1n) is 8.30. The Bertz CT molecular complexity index is 754. The molecule has 24 heavy (non-hydrogen) atoms. The van der Waals surface area contributed by atoms with Gasteiger partial charge in [0.25, 0.3) is 5.91 Å².